The summed E-state index contributed by atoms with van der Waals surface area (Å²) in [5, 5.41) is 3.70. The molecule has 1 heterocycles. The van der Waals surface area contributed by atoms with Crippen LogP contribution in [-0.2, 0) is 20.6 Å². The number of benzene rings is 2. The van der Waals surface area contributed by atoms with Crippen LogP contribution in [0.4, 0.5) is 0 Å². The molecule has 1 N–H and O–H groups in total. The third-order valence-electron chi connectivity index (χ3n) is 5.56. The molecule has 30 heavy (non-hydrogen) atoms. The lowest BCUT2D eigenvalue weighted by molar-refractivity contribution is -0.126. The van der Waals surface area contributed by atoms with Crippen molar-refractivity contribution in [3.05, 3.63) is 69.7 Å². The Morgan fingerprint density at radius 1 is 1.07 bits per heavy atom. The van der Waals surface area contributed by atoms with Crippen LogP contribution in [0.1, 0.15) is 36.8 Å². The molecule has 1 aliphatic heterocycles. The van der Waals surface area contributed by atoms with Crippen molar-refractivity contribution in [3.63, 3.8) is 0 Å². The largest absolute Gasteiger partial charge is 0.355 e. The summed E-state index contributed by atoms with van der Waals surface area (Å²) in [4.78, 5) is 12.6. The second-order valence-electron chi connectivity index (χ2n) is 7.69. The quantitative estimate of drug-likeness (QED) is 0.652. The van der Waals surface area contributed by atoms with E-state index in [1.807, 2.05) is 30.3 Å². The fourth-order valence-corrected chi connectivity index (χ4v) is 5.95. The van der Waals surface area contributed by atoms with Gasteiger partial charge in [0.05, 0.1) is 5.75 Å². The number of nitrogens with zero attached hydrogens (tertiary/aromatic N) is 1. The fraction of sp³-hybridized carbons (Fsp3) is 0.409. The summed E-state index contributed by atoms with van der Waals surface area (Å²) in [5.41, 5.74) is 1.59. The van der Waals surface area contributed by atoms with Crippen molar-refractivity contribution >= 4 is 39.1 Å². The minimum atomic E-state index is -3.56. The van der Waals surface area contributed by atoms with Gasteiger partial charge >= 0.3 is 0 Å². The minimum Gasteiger partial charge on any atom is -0.355 e. The Labute approximate surface area is 188 Å². The van der Waals surface area contributed by atoms with E-state index in [1.165, 1.54) is 9.87 Å². The van der Waals surface area contributed by atoms with Crippen LogP contribution < -0.4 is 5.32 Å². The summed E-state index contributed by atoms with van der Waals surface area (Å²) in [6.45, 7) is 3.27. The average Bonchev–Trinajstić information content (AvgIpc) is 2.75. The first-order chi connectivity index (χ1) is 14.3. The molecule has 1 fully saturated rings. The smallest absolute Gasteiger partial charge is 0.223 e. The van der Waals surface area contributed by atoms with Gasteiger partial charge in [0.15, 0.2) is 0 Å². The van der Waals surface area contributed by atoms with E-state index in [0.717, 1.165) is 0 Å². The van der Waals surface area contributed by atoms with E-state index < -0.39 is 10.0 Å². The maximum Gasteiger partial charge on any atom is 0.223 e. The van der Waals surface area contributed by atoms with Crippen LogP contribution in [0.5, 0.6) is 0 Å². The third-order valence-corrected chi connectivity index (χ3v) is 8.07. The zero-order valence-electron chi connectivity index (χ0n) is 16.9. The van der Waals surface area contributed by atoms with E-state index in [1.54, 1.807) is 18.2 Å². The number of piperidine rings is 1. The Hall–Kier alpha value is -1.60. The number of carbonyl (C=O) groups is 1. The molecule has 1 atom stereocenters. The molecular weight excluding hydrogens is 443 g/mol. The molecular formula is C22H26Cl2N2O3S. The predicted octanol–water partition coefficient (Wildman–Crippen LogP) is 4.46. The van der Waals surface area contributed by atoms with Crippen molar-refractivity contribution in [2.45, 2.75) is 31.4 Å². The maximum atomic E-state index is 12.8. The molecule has 0 aliphatic carbocycles. The van der Waals surface area contributed by atoms with Gasteiger partial charge in [-0.15, -0.1) is 0 Å². The molecule has 0 bridgehead atoms. The Balaban J connectivity index is 1.52. The van der Waals surface area contributed by atoms with Crippen LogP contribution >= 0.6 is 23.2 Å². The summed E-state index contributed by atoms with van der Waals surface area (Å²) < 4.78 is 27.1. The maximum absolute atomic E-state index is 12.8. The number of hydrogen-bond acceptors (Lipinski definition) is 3. The minimum absolute atomic E-state index is 0.0102. The molecule has 8 heteroatoms. The van der Waals surface area contributed by atoms with Gasteiger partial charge in [-0.25, -0.2) is 12.7 Å². The molecule has 2 aromatic rings. The van der Waals surface area contributed by atoms with Crippen LogP contribution in [0.25, 0.3) is 0 Å². The van der Waals surface area contributed by atoms with Crippen molar-refractivity contribution in [3.8, 4) is 0 Å². The van der Waals surface area contributed by atoms with E-state index in [-0.39, 0.29) is 23.5 Å². The Morgan fingerprint density at radius 2 is 1.67 bits per heavy atom. The van der Waals surface area contributed by atoms with Gasteiger partial charge in [-0.2, -0.15) is 0 Å². The molecule has 2 aromatic carbocycles. The Bertz CT molecular complexity index is 955. The van der Waals surface area contributed by atoms with E-state index in [2.05, 4.69) is 12.2 Å². The Morgan fingerprint density at radius 3 is 2.27 bits per heavy atom. The number of halogens is 2. The van der Waals surface area contributed by atoms with Crippen LogP contribution in [-0.4, -0.2) is 38.3 Å². The van der Waals surface area contributed by atoms with Gasteiger partial charge in [0, 0.05) is 41.2 Å². The van der Waals surface area contributed by atoms with Crippen molar-refractivity contribution in [1.29, 1.82) is 0 Å². The van der Waals surface area contributed by atoms with Crippen LogP contribution in [0.3, 0.4) is 0 Å². The number of hydrogen-bond donors (Lipinski definition) is 1. The van der Waals surface area contributed by atoms with Crippen molar-refractivity contribution in [2.75, 3.05) is 19.6 Å². The highest BCUT2D eigenvalue weighted by Crippen LogP contribution is 2.29. The lowest BCUT2D eigenvalue weighted by atomic mass is 9.96. The summed E-state index contributed by atoms with van der Waals surface area (Å²) >= 11 is 12.2. The van der Waals surface area contributed by atoms with Crippen molar-refractivity contribution in [1.82, 2.24) is 9.62 Å². The number of rotatable bonds is 7. The highest BCUT2D eigenvalue weighted by atomic mass is 35.5. The molecule has 1 saturated heterocycles. The second kappa shape index (κ2) is 10.1. The van der Waals surface area contributed by atoms with Crippen molar-refractivity contribution in [2.24, 2.45) is 5.92 Å². The van der Waals surface area contributed by atoms with Gasteiger partial charge in [0.25, 0.3) is 0 Å². The summed E-state index contributed by atoms with van der Waals surface area (Å²) in [5.74, 6) is -0.208. The van der Waals surface area contributed by atoms with Crippen LogP contribution in [0.15, 0.2) is 48.5 Å². The monoisotopic (exact) mass is 468 g/mol. The van der Waals surface area contributed by atoms with Gasteiger partial charge < -0.3 is 5.32 Å². The Kier molecular flexibility index (Phi) is 7.80. The van der Waals surface area contributed by atoms with Gasteiger partial charge in [-0.05, 0) is 36.5 Å². The van der Waals surface area contributed by atoms with Gasteiger partial charge in [0.1, 0.15) is 0 Å². The topological polar surface area (TPSA) is 66.5 Å². The van der Waals surface area contributed by atoms with Crippen molar-refractivity contribution < 1.29 is 13.2 Å². The first-order valence-electron chi connectivity index (χ1n) is 10.0. The standard InChI is InChI=1S/C22H26Cl2N2O3S/c1-16(17-6-3-2-4-7-17)14-25-22(27)18-10-12-26(13-11-18)30(28,29)15-19-20(23)8-5-9-21(19)24/h2-9,16,18H,10-15H2,1H3,(H,25,27)/t16-/m0/s1. The van der Waals surface area contributed by atoms with E-state index in [9.17, 15) is 13.2 Å². The highest BCUT2D eigenvalue weighted by Gasteiger charge is 2.32. The lowest BCUT2D eigenvalue weighted by Gasteiger charge is -2.31. The molecule has 0 saturated carbocycles. The zero-order valence-corrected chi connectivity index (χ0v) is 19.2. The zero-order chi connectivity index (χ0) is 21.7. The lowest BCUT2D eigenvalue weighted by Crippen LogP contribution is -2.43. The SMILES string of the molecule is C[C@@H](CNC(=O)C1CCN(S(=O)(=O)Cc2c(Cl)cccc2Cl)CC1)c1ccccc1. The first kappa shape index (κ1) is 23.1. The predicted molar refractivity (Wildman–Crippen MR) is 121 cm³/mol. The summed E-state index contributed by atoms with van der Waals surface area (Å²) in [6.07, 6.45) is 1.00. The van der Waals surface area contributed by atoms with E-state index in [4.69, 9.17) is 23.2 Å². The molecule has 3 rings (SSSR count). The third kappa shape index (κ3) is 5.76. The van der Waals surface area contributed by atoms with Crippen LogP contribution in [0.2, 0.25) is 10.0 Å². The summed E-state index contributed by atoms with van der Waals surface area (Å²) in [7, 11) is -3.56. The van der Waals surface area contributed by atoms with Crippen LogP contribution in [0, 0.1) is 5.92 Å². The van der Waals surface area contributed by atoms with Gasteiger partial charge in [-0.1, -0.05) is 66.5 Å². The van der Waals surface area contributed by atoms with E-state index >= 15 is 0 Å². The molecule has 1 aliphatic rings. The molecule has 162 valence electrons. The molecule has 0 spiro atoms. The second-order valence-corrected chi connectivity index (χ2v) is 10.5. The number of sulfonamides is 1. The first-order valence-corrected chi connectivity index (χ1v) is 12.4. The van der Waals surface area contributed by atoms with Gasteiger partial charge in [0.2, 0.25) is 15.9 Å². The number of nitrogens with one attached hydrogen (secondary N) is 1. The molecule has 0 aromatic heterocycles. The number of carbonyl (C=O) groups excluding carboxylic acids is 1. The van der Waals surface area contributed by atoms with E-state index in [0.29, 0.717) is 48.1 Å². The molecule has 5 nitrogen and oxygen atoms in total. The normalized spacial score (nSPS) is 16.9. The summed E-state index contributed by atoms with van der Waals surface area (Å²) in [6, 6.07) is 15.0. The number of amides is 1. The molecule has 0 radical (unpaired) electrons. The average molecular weight is 469 g/mol. The highest BCUT2D eigenvalue weighted by molar-refractivity contribution is 7.88. The molecule has 0 unspecified atom stereocenters. The van der Waals surface area contributed by atoms with Gasteiger partial charge in [-0.3, -0.25) is 4.79 Å². The fourth-order valence-electron chi connectivity index (χ4n) is 3.64. The molecule has 1 amide bonds.